The van der Waals surface area contributed by atoms with Crippen LogP contribution in [0.4, 0.5) is 0 Å². The lowest BCUT2D eigenvalue weighted by Gasteiger charge is -2.12. The Balaban J connectivity index is 1.53. The number of thiazole rings is 1. The van der Waals surface area contributed by atoms with Gasteiger partial charge in [-0.1, -0.05) is 0 Å². The van der Waals surface area contributed by atoms with E-state index in [1.165, 1.54) is 11.3 Å². The zero-order valence-electron chi connectivity index (χ0n) is 22.3. The van der Waals surface area contributed by atoms with E-state index in [4.69, 9.17) is 19.4 Å². The maximum Gasteiger partial charge on any atom is 0.270 e. The van der Waals surface area contributed by atoms with E-state index in [0.29, 0.717) is 34.3 Å². The smallest absolute Gasteiger partial charge is 0.270 e. The number of hydrogen-bond acceptors (Lipinski definition) is 9. The van der Waals surface area contributed by atoms with E-state index >= 15 is 0 Å². The van der Waals surface area contributed by atoms with Gasteiger partial charge in [-0.05, 0) is 38.1 Å². The van der Waals surface area contributed by atoms with Crippen LogP contribution in [0.2, 0.25) is 0 Å². The molecular weight excluding hydrogens is 518 g/mol. The minimum Gasteiger partial charge on any atom is -0.497 e. The molecule has 12 heteroatoms. The zero-order valence-corrected chi connectivity index (χ0v) is 23.2. The molecule has 0 atom stereocenters. The van der Waals surface area contributed by atoms with Crippen LogP contribution < -0.4 is 14.8 Å². The summed E-state index contributed by atoms with van der Waals surface area (Å²) in [7, 11) is 4.96. The van der Waals surface area contributed by atoms with Gasteiger partial charge in [0.25, 0.3) is 5.91 Å². The van der Waals surface area contributed by atoms with Gasteiger partial charge in [0.1, 0.15) is 33.6 Å². The summed E-state index contributed by atoms with van der Waals surface area (Å²) in [6.07, 6.45) is 1.70. The van der Waals surface area contributed by atoms with Crippen LogP contribution in [-0.2, 0) is 26.7 Å². The first kappa shape index (κ1) is 26.3. The third-order valence-electron chi connectivity index (χ3n) is 6.40. The minimum atomic E-state index is -0.363. The quantitative estimate of drug-likeness (QED) is 0.286. The predicted molar refractivity (Wildman–Crippen MR) is 148 cm³/mol. The molecule has 0 radical (unpaired) electrons. The Labute approximate surface area is 229 Å². The number of aryl methyl sites for hydroxylation is 3. The van der Waals surface area contributed by atoms with Gasteiger partial charge in [0, 0.05) is 37.2 Å². The van der Waals surface area contributed by atoms with Crippen molar-refractivity contribution in [2.75, 3.05) is 14.2 Å². The molecule has 4 heterocycles. The summed E-state index contributed by atoms with van der Waals surface area (Å²) in [6.45, 7) is 4.65. The Morgan fingerprint density at radius 1 is 1.13 bits per heavy atom. The molecule has 0 saturated heterocycles. The van der Waals surface area contributed by atoms with Crippen LogP contribution >= 0.6 is 11.3 Å². The standard InChI is InChI=1S/C27H29N7O4S/c1-6-34-21(9-15(2)32-34)27-31-25(23(14-35)39-27)24-18-13-29-33(3)20(18)11-19(30-24)26(36)28-12-16-7-8-17(37-4)10-22(16)38-5/h7-11,13,35H,6,12,14H2,1-5H3,(H,28,36). The van der Waals surface area contributed by atoms with Crippen molar-refractivity contribution in [3.63, 3.8) is 0 Å². The molecule has 0 aliphatic heterocycles. The van der Waals surface area contributed by atoms with Crippen LogP contribution in [0.25, 0.3) is 33.0 Å². The highest BCUT2D eigenvalue weighted by atomic mass is 32.1. The summed E-state index contributed by atoms with van der Waals surface area (Å²) in [5, 5.41) is 23.5. The maximum atomic E-state index is 13.3. The second kappa shape index (κ2) is 10.8. The first-order chi connectivity index (χ1) is 18.9. The number of nitrogens with zero attached hydrogens (tertiary/aromatic N) is 6. The number of benzene rings is 1. The van der Waals surface area contributed by atoms with E-state index in [1.54, 1.807) is 44.3 Å². The first-order valence-corrected chi connectivity index (χ1v) is 13.2. The Hall–Kier alpha value is -4.29. The lowest BCUT2D eigenvalue weighted by Crippen LogP contribution is -2.24. The molecule has 0 bridgehead atoms. The van der Waals surface area contributed by atoms with Crippen LogP contribution in [0, 0.1) is 6.92 Å². The van der Waals surface area contributed by atoms with Crippen molar-refractivity contribution >= 4 is 28.1 Å². The van der Waals surface area contributed by atoms with Gasteiger partial charge in [-0.15, -0.1) is 11.3 Å². The monoisotopic (exact) mass is 547 g/mol. The molecule has 0 saturated carbocycles. The van der Waals surface area contributed by atoms with Crippen molar-refractivity contribution in [2.24, 2.45) is 7.05 Å². The normalized spacial score (nSPS) is 11.2. The molecule has 11 nitrogen and oxygen atoms in total. The number of pyridine rings is 1. The summed E-state index contributed by atoms with van der Waals surface area (Å²) in [5.41, 5.74) is 4.48. The number of rotatable bonds is 9. The lowest BCUT2D eigenvalue weighted by atomic mass is 10.1. The predicted octanol–water partition coefficient (Wildman–Crippen LogP) is 3.72. The largest absolute Gasteiger partial charge is 0.497 e. The Bertz CT molecular complexity index is 1670. The number of aliphatic hydroxyl groups is 1. The molecule has 0 aliphatic rings. The fourth-order valence-electron chi connectivity index (χ4n) is 4.42. The fraction of sp³-hybridized carbons (Fsp3) is 0.296. The number of aliphatic hydroxyl groups excluding tert-OH is 1. The van der Waals surface area contributed by atoms with Crippen LogP contribution in [0.15, 0.2) is 36.5 Å². The third kappa shape index (κ3) is 4.95. The molecule has 1 amide bonds. The lowest BCUT2D eigenvalue weighted by molar-refractivity contribution is 0.0946. The van der Waals surface area contributed by atoms with Gasteiger partial charge in [0.15, 0.2) is 0 Å². The summed E-state index contributed by atoms with van der Waals surface area (Å²) in [5.74, 6) is 0.904. The second-order valence-electron chi connectivity index (χ2n) is 8.85. The SMILES string of the molecule is CCn1nc(C)cc1-c1nc(-c2nc(C(=O)NCc3ccc(OC)cc3OC)cc3c2cnn3C)c(CO)s1. The molecule has 0 aliphatic carbocycles. The average molecular weight is 548 g/mol. The van der Waals surface area contributed by atoms with Crippen LogP contribution in [0.1, 0.15) is 33.5 Å². The maximum absolute atomic E-state index is 13.3. The second-order valence-corrected chi connectivity index (χ2v) is 9.94. The summed E-state index contributed by atoms with van der Waals surface area (Å²) in [4.78, 5) is 23.6. The number of hydrogen-bond donors (Lipinski definition) is 2. The minimum absolute atomic E-state index is 0.210. The summed E-state index contributed by atoms with van der Waals surface area (Å²) in [6, 6.07) is 9.09. The van der Waals surface area contributed by atoms with Crippen molar-refractivity contribution in [3.8, 4) is 33.6 Å². The van der Waals surface area contributed by atoms with Gasteiger partial charge >= 0.3 is 0 Å². The number of amides is 1. The highest BCUT2D eigenvalue weighted by Gasteiger charge is 2.23. The van der Waals surface area contributed by atoms with Crippen LogP contribution in [0.3, 0.4) is 0 Å². The van der Waals surface area contributed by atoms with Crippen molar-refractivity contribution in [1.82, 2.24) is 34.8 Å². The highest BCUT2D eigenvalue weighted by molar-refractivity contribution is 7.15. The highest BCUT2D eigenvalue weighted by Crippen LogP contribution is 2.36. The van der Waals surface area contributed by atoms with E-state index in [9.17, 15) is 9.90 Å². The molecule has 0 spiro atoms. The van der Waals surface area contributed by atoms with Gasteiger partial charge in [-0.25, -0.2) is 9.97 Å². The Morgan fingerprint density at radius 3 is 2.67 bits per heavy atom. The van der Waals surface area contributed by atoms with Gasteiger partial charge in [-0.3, -0.25) is 14.2 Å². The molecule has 2 N–H and O–H groups in total. The van der Waals surface area contributed by atoms with Crippen molar-refractivity contribution in [1.29, 1.82) is 0 Å². The van der Waals surface area contributed by atoms with Gasteiger partial charge in [0.05, 0.1) is 48.8 Å². The fourth-order valence-corrected chi connectivity index (χ4v) is 5.36. The Kier molecular flexibility index (Phi) is 7.31. The zero-order chi connectivity index (χ0) is 27.7. The molecule has 5 rings (SSSR count). The van der Waals surface area contributed by atoms with Crippen molar-refractivity contribution < 1.29 is 19.4 Å². The topological polar surface area (TPSA) is 129 Å². The van der Waals surface area contributed by atoms with E-state index in [1.807, 2.05) is 36.7 Å². The number of carbonyl (C=O) groups excluding carboxylic acids is 1. The molecule has 39 heavy (non-hydrogen) atoms. The Morgan fingerprint density at radius 2 is 1.95 bits per heavy atom. The summed E-state index contributed by atoms with van der Waals surface area (Å²) >= 11 is 1.38. The van der Waals surface area contributed by atoms with Crippen LogP contribution in [0.5, 0.6) is 11.5 Å². The number of fused-ring (bicyclic) bond motifs is 1. The molecule has 4 aromatic heterocycles. The molecule has 202 valence electrons. The van der Waals surface area contributed by atoms with Crippen LogP contribution in [-0.4, -0.2) is 54.8 Å². The molecule has 0 fully saturated rings. The van der Waals surface area contributed by atoms with E-state index < -0.39 is 0 Å². The van der Waals surface area contributed by atoms with Crippen molar-refractivity contribution in [2.45, 2.75) is 33.5 Å². The molecular formula is C27H29N7O4S. The number of aromatic nitrogens is 6. The van der Waals surface area contributed by atoms with E-state index in [-0.39, 0.29) is 24.8 Å². The average Bonchev–Trinajstić information content (AvgIpc) is 3.67. The van der Waals surface area contributed by atoms with Gasteiger partial charge in [-0.2, -0.15) is 10.2 Å². The molecule has 5 aromatic rings. The van der Waals surface area contributed by atoms with Gasteiger partial charge < -0.3 is 19.9 Å². The van der Waals surface area contributed by atoms with Crippen molar-refractivity contribution in [3.05, 3.63) is 58.4 Å². The van der Waals surface area contributed by atoms with Gasteiger partial charge in [0.2, 0.25) is 0 Å². The number of carbonyl (C=O) groups is 1. The number of ether oxygens (including phenoxy) is 2. The molecule has 1 aromatic carbocycles. The third-order valence-corrected chi connectivity index (χ3v) is 7.46. The molecule has 0 unspecified atom stereocenters. The number of nitrogens with one attached hydrogen (secondary N) is 1. The van der Waals surface area contributed by atoms with E-state index in [2.05, 4.69) is 15.5 Å². The number of methoxy groups -OCH3 is 2. The van der Waals surface area contributed by atoms with E-state index in [0.717, 1.165) is 32.9 Å². The first-order valence-electron chi connectivity index (χ1n) is 12.3. The summed E-state index contributed by atoms with van der Waals surface area (Å²) < 4.78 is 14.3.